The summed E-state index contributed by atoms with van der Waals surface area (Å²) in [5, 5.41) is 10.4. The van der Waals surface area contributed by atoms with Gasteiger partial charge in [-0.05, 0) is 0 Å². The van der Waals surface area contributed by atoms with Crippen molar-refractivity contribution < 1.29 is 9.84 Å². The number of aromatic nitrogens is 2. The highest BCUT2D eigenvalue weighted by Gasteiger charge is 2.24. The molecule has 0 amide bonds. The molecule has 7 heteroatoms. The van der Waals surface area contributed by atoms with Crippen LogP contribution in [0, 0.1) is 0 Å². The van der Waals surface area contributed by atoms with Gasteiger partial charge in [-0.1, -0.05) is 0 Å². The third-order valence-corrected chi connectivity index (χ3v) is 4.52. The Morgan fingerprint density at radius 3 is 2.65 bits per heavy atom. The number of rotatable bonds is 5. The fourth-order valence-corrected chi connectivity index (χ4v) is 3.36. The zero-order valence-corrected chi connectivity index (χ0v) is 14.1. The van der Waals surface area contributed by atoms with E-state index in [1.54, 1.807) is 6.33 Å². The average Bonchev–Trinajstić information content (AvgIpc) is 2.55. The number of hydrogen-bond donors (Lipinski definition) is 1. The molecule has 2 aliphatic heterocycles. The van der Waals surface area contributed by atoms with E-state index in [1.807, 2.05) is 19.0 Å². The van der Waals surface area contributed by atoms with Gasteiger partial charge in [-0.2, -0.15) is 0 Å². The van der Waals surface area contributed by atoms with E-state index in [9.17, 15) is 5.11 Å². The quantitative estimate of drug-likeness (QED) is 0.791. The second-order valence-electron chi connectivity index (χ2n) is 6.57. The zero-order valence-electron chi connectivity index (χ0n) is 14.1. The number of morpholine rings is 1. The van der Waals surface area contributed by atoms with Crippen LogP contribution < -0.4 is 4.90 Å². The molecule has 0 aliphatic carbocycles. The van der Waals surface area contributed by atoms with Gasteiger partial charge in [0.05, 0.1) is 25.0 Å². The monoisotopic (exact) mass is 321 g/mol. The first-order chi connectivity index (χ1) is 11.1. The summed E-state index contributed by atoms with van der Waals surface area (Å²) >= 11 is 0. The average molecular weight is 321 g/mol. The summed E-state index contributed by atoms with van der Waals surface area (Å²) < 4.78 is 5.35. The van der Waals surface area contributed by atoms with E-state index in [2.05, 4.69) is 19.8 Å². The molecule has 3 heterocycles. The topological polar surface area (TPSA) is 65.0 Å². The number of fused-ring (bicyclic) bond motifs is 1. The SMILES string of the molecule is CN(C)c1ncnc2c1CN(C[C@H](O)CN1CCOCC1)CC2. The minimum atomic E-state index is -0.331. The maximum absolute atomic E-state index is 10.4. The van der Waals surface area contributed by atoms with Gasteiger partial charge in [0, 0.05) is 65.3 Å². The molecule has 23 heavy (non-hydrogen) atoms. The van der Waals surface area contributed by atoms with E-state index < -0.39 is 0 Å². The zero-order chi connectivity index (χ0) is 16.2. The van der Waals surface area contributed by atoms with Crippen LogP contribution in [0.25, 0.3) is 0 Å². The van der Waals surface area contributed by atoms with E-state index >= 15 is 0 Å². The van der Waals surface area contributed by atoms with Gasteiger partial charge in [-0.15, -0.1) is 0 Å². The fraction of sp³-hybridized carbons (Fsp3) is 0.750. The molecular weight excluding hydrogens is 294 g/mol. The first-order valence-electron chi connectivity index (χ1n) is 8.34. The van der Waals surface area contributed by atoms with Gasteiger partial charge in [-0.25, -0.2) is 9.97 Å². The molecule has 128 valence electrons. The van der Waals surface area contributed by atoms with Crippen LogP contribution in [0.4, 0.5) is 5.82 Å². The van der Waals surface area contributed by atoms with E-state index in [1.165, 1.54) is 5.56 Å². The van der Waals surface area contributed by atoms with E-state index in [0.29, 0.717) is 6.54 Å². The van der Waals surface area contributed by atoms with Crippen molar-refractivity contribution in [1.82, 2.24) is 19.8 Å². The molecule has 0 aromatic carbocycles. The van der Waals surface area contributed by atoms with Crippen molar-refractivity contribution in [3.8, 4) is 0 Å². The molecule has 1 atom stereocenters. The summed E-state index contributed by atoms with van der Waals surface area (Å²) in [7, 11) is 4.02. The summed E-state index contributed by atoms with van der Waals surface area (Å²) in [5.74, 6) is 0.988. The molecule has 0 bridgehead atoms. The molecule has 0 radical (unpaired) electrons. The smallest absolute Gasteiger partial charge is 0.136 e. The minimum Gasteiger partial charge on any atom is -0.390 e. The van der Waals surface area contributed by atoms with Crippen molar-refractivity contribution in [1.29, 1.82) is 0 Å². The second kappa shape index (κ2) is 7.53. The highest BCUT2D eigenvalue weighted by Crippen LogP contribution is 2.24. The van der Waals surface area contributed by atoms with Crippen LogP contribution in [-0.4, -0.2) is 91.0 Å². The summed E-state index contributed by atoms with van der Waals surface area (Å²) in [6, 6.07) is 0. The number of nitrogens with zero attached hydrogens (tertiary/aromatic N) is 5. The Labute approximate surface area is 137 Å². The molecule has 3 rings (SSSR count). The Balaban J connectivity index is 1.58. The van der Waals surface area contributed by atoms with Crippen molar-refractivity contribution in [3.63, 3.8) is 0 Å². The van der Waals surface area contributed by atoms with E-state index in [4.69, 9.17) is 4.74 Å². The number of β-amino-alcohol motifs (C(OH)–C–C–N with tert-alkyl or cyclic N) is 1. The molecule has 1 fully saturated rings. The lowest BCUT2D eigenvalue weighted by atomic mass is 10.1. The normalized spacial score (nSPS) is 21.0. The van der Waals surface area contributed by atoms with Gasteiger partial charge in [0.2, 0.25) is 0 Å². The number of anilines is 1. The first-order valence-corrected chi connectivity index (χ1v) is 8.34. The molecule has 2 aliphatic rings. The summed E-state index contributed by atoms with van der Waals surface area (Å²) in [6.45, 7) is 6.54. The highest BCUT2D eigenvalue weighted by molar-refractivity contribution is 5.48. The molecule has 1 N–H and O–H groups in total. The van der Waals surface area contributed by atoms with Gasteiger partial charge in [-0.3, -0.25) is 9.80 Å². The van der Waals surface area contributed by atoms with Crippen molar-refractivity contribution in [2.24, 2.45) is 0 Å². The number of hydrogen-bond acceptors (Lipinski definition) is 7. The number of aliphatic hydroxyl groups excluding tert-OH is 1. The Hall–Kier alpha value is -1.28. The molecule has 0 unspecified atom stereocenters. The van der Waals surface area contributed by atoms with Gasteiger partial charge in [0.15, 0.2) is 0 Å². The molecule has 1 saturated heterocycles. The van der Waals surface area contributed by atoms with Crippen LogP contribution in [0.5, 0.6) is 0 Å². The predicted molar refractivity (Wildman–Crippen MR) is 88.6 cm³/mol. The maximum atomic E-state index is 10.4. The van der Waals surface area contributed by atoms with Crippen molar-refractivity contribution in [2.45, 2.75) is 19.1 Å². The van der Waals surface area contributed by atoms with Gasteiger partial charge in [0.25, 0.3) is 0 Å². The van der Waals surface area contributed by atoms with Crippen molar-refractivity contribution >= 4 is 5.82 Å². The van der Waals surface area contributed by atoms with Gasteiger partial charge in [0.1, 0.15) is 12.1 Å². The largest absolute Gasteiger partial charge is 0.390 e. The molecule has 1 aromatic rings. The van der Waals surface area contributed by atoms with Crippen LogP contribution in [0.1, 0.15) is 11.3 Å². The van der Waals surface area contributed by atoms with Crippen molar-refractivity contribution in [3.05, 3.63) is 17.6 Å². The molecule has 0 saturated carbocycles. The third-order valence-electron chi connectivity index (χ3n) is 4.52. The third kappa shape index (κ3) is 4.17. The standard InChI is InChI=1S/C16H27N5O2/c1-19(2)16-14-11-21(4-3-15(14)17-12-18-16)10-13(22)9-20-5-7-23-8-6-20/h12-13,22H,3-11H2,1-2H3/t13-/m1/s1. The van der Waals surface area contributed by atoms with Crippen LogP contribution in [0.15, 0.2) is 6.33 Å². The van der Waals surface area contributed by atoms with Gasteiger partial charge >= 0.3 is 0 Å². The Kier molecular flexibility index (Phi) is 5.42. The van der Waals surface area contributed by atoms with Crippen LogP contribution in [0.3, 0.4) is 0 Å². The number of aliphatic hydroxyl groups is 1. The lowest BCUT2D eigenvalue weighted by molar-refractivity contribution is 0.00582. The Morgan fingerprint density at radius 2 is 1.91 bits per heavy atom. The van der Waals surface area contributed by atoms with Crippen molar-refractivity contribution in [2.75, 3.05) is 64.9 Å². The Bertz CT molecular complexity index is 519. The molecule has 1 aromatic heterocycles. The summed E-state index contributed by atoms with van der Waals surface area (Å²) in [5.41, 5.74) is 2.34. The second-order valence-corrected chi connectivity index (χ2v) is 6.57. The molecule has 7 nitrogen and oxygen atoms in total. The first kappa shape index (κ1) is 16.6. The van der Waals surface area contributed by atoms with Crippen LogP contribution in [-0.2, 0) is 17.7 Å². The molecule has 0 spiro atoms. The lowest BCUT2D eigenvalue weighted by Crippen LogP contribution is -2.45. The van der Waals surface area contributed by atoms with Crippen LogP contribution >= 0.6 is 0 Å². The fourth-order valence-electron chi connectivity index (χ4n) is 3.36. The van der Waals surface area contributed by atoms with Gasteiger partial charge < -0.3 is 14.7 Å². The summed E-state index contributed by atoms with van der Waals surface area (Å²) in [4.78, 5) is 15.4. The van der Waals surface area contributed by atoms with E-state index in [0.717, 1.165) is 63.9 Å². The van der Waals surface area contributed by atoms with Crippen LogP contribution in [0.2, 0.25) is 0 Å². The lowest BCUT2D eigenvalue weighted by Gasteiger charge is -2.33. The predicted octanol–water partition coefficient (Wildman–Crippen LogP) is -0.406. The highest BCUT2D eigenvalue weighted by atomic mass is 16.5. The Morgan fingerprint density at radius 1 is 1.17 bits per heavy atom. The number of ether oxygens (including phenoxy) is 1. The minimum absolute atomic E-state index is 0.331. The van der Waals surface area contributed by atoms with E-state index in [-0.39, 0.29) is 6.10 Å². The molecular formula is C16H27N5O2. The summed E-state index contributed by atoms with van der Waals surface area (Å²) in [6.07, 6.45) is 2.24. The maximum Gasteiger partial charge on any atom is 0.136 e.